The van der Waals surface area contributed by atoms with Gasteiger partial charge < -0.3 is 4.74 Å². The summed E-state index contributed by atoms with van der Waals surface area (Å²) in [6, 6.07) is 3.39. The van der Waals surface area contributed by atoms with Gasteiger partial charge in [0.15, 0.2) is 0 Å². The molecule has 0 radical (unpaired) electrons. The van der Waals surface area contributed by atoms with Crippen molar-refractivity contribution < 1.29 is 9.53 Å². The van der Waals surface area contributed by atoms with Gasteiger partial charge in [-0.2, -0.15) is 0 Å². The first kappa shape index (κ1) is 12.3. The van der Waals surface area contributed by atoms with E-state index in [2.05, 4.69) is 17.1 Å². The fraction of sp³-hybridized carbons (Fsp3) is 0.455. The molecule has 5 heteroatoms. The van der Waals surface area contributed by atoms with Gasteiger partial charge in [0.2, 0.25) is 0 Å². The lowest BCUT2D eigenvalue weighted by Gasteiger charge is -2.04. The fourth-order valence-corrected chi connectivity index (χ4v) is 1.12. The van der Waals surface area contributed by atoms with Gasteiger partial charge in [0.1, 0.15) is 5.75 Å². The second-order valence-electron chi connectivity index (χ2n) is 3.35. The molecular weight excluding hydrogens is 208 g/mol. The topological polar surface area (TPSA) is 68.6 Å². The fourth-order valence-electron chi connectivity index (χ4n) is 1.12. The minimum Gasteiger partial charge on any atom is -0.492 e. The predicted molar refractivity (Wildman–Crippen MR) is 59.1 cm³/mol. The molecule has 0 aliphatic carbocycles. The number of pyridine rings is 1. The molecule has 0 aliphatic heterocycles. The maximum atomic E-state index is 10.7. The molecule has 1 amide bonds. The van der Waals surface area contributed by atoms with Crippen LogP contribution in [0.1, 0.15) is 25.5 Å². The van der Waals surface area contributed by atoms with Crippen LogP contribution in [0.5, 0.6) is 5.75 Å². The normalized spacial score (nSPS) is 9.81. The average Bonchev–Trinajstić information content (AvgIpc) is 2.31. The number of carbonyl (C=O) groups excluding carboxylic acids is 1. The molecule has 0 bridgehead atoms. The summed E-state index contributed by atoms with van der Waals surface area (Å²) in [6.45, 7) is 2.75. The molecular formula is C11H14N2O3. The van der Waals surface area contributed by atoms with E-state index in [9.17, 15) is 9.70 Å². The highest BCUT2D eigenvalue weighted by molar-refractivity contribution is 5.78. The van der Waals surface area contributed by atoms with Gasteiger partial charge in [0.05, 0.1) is 24.9 Å². The Bertz CT molecular complexity index is 349. The number of ether oxygens (including phenoxy) is 1. The second-order valence-corrected chi connectivity index (χ2v) is 3.35. The van der Waals surface area contributed by atoms with Gasteiger partial charge in [0, 0.05) is 5.18 Å². The molecule has 0 N–H and O–H groups in total. The van der Waals surface area contributed by atoms with E-state index in [1.807, 2.05) is 0 Å². The van der Waals surface area contributed by atoms with Crippen molar-refractivity contribution in [2.75, 3.05) is 6.61 Å². The number of carbonyl (C=O) groups is 1. The minimum atomic E-state index is -0.716. The van der Waals surface area contributed by atoms with Crippen LogP contribution in [0.3, 0.4) is 0 Å². The SMILES string of the molecule is CCCCOc1ccc(CC(=O)N=O)nc1. The summed E-state index contributed by atoms with van der Waals surface area (Å²) in [5, 5.41) is 2.31. The summed E-state index contributed by atoms with van der Waals surface area (Å²) in [7, 11) is 0. The summed E-state index contributed by atoms with van der Waals surface area (Å²) in [5.74, 6) is -0.0455. The van der Waals surface area contributed by atoms with Crippen molar-refractivity contribution in [3.8, 4) is 5.75 Å². The van der Waals surface area contributed by atoms with E-state index in [-0.39, 0.29) is 6.42 Å². The molecule has 0 saturated carbocycles. The van der Waals surface area contributed by atoms with Gasteiger partial charge in [-0.05, 0) is 18.6 Å². The molecule has 0 unspecified atom stereocenters. The molecule has 16 heavy (non-hydrogen) atoms. The number of aromatic nitrogens is 1. The van der Waals surface area contributed by atoms with E-state index in [1.54, 1.807) is 18.3 Å². The largest absolute Gasteiger partial charge is 0.492 e. The molecule has 1 aromatic rings. The Morgan fingerprint density at radius 3 is 2.88 bits per heavy atom. The van der Waals surface area contributed by atoms with Crippen LogP contribution < -0.4 is 4.74 Å². The van der Waals surface area contributed by atoms with E-state index >= 15 is 0 Å². The third-order valence-electron chi connectivity index (χ3n) is 2.00. The highest BCUT2D eigenvalue weighted by Crippen LogP contribution is 2.10. The maximum absolute atomic E-state index is 10.7. The lowest BCUT2D eigenvalue weighted by molar-refractivity contribution is -0.117. The van der Waals surface area contributed by atoms with Gasteiger partial charge in [-0.1, -0.05) is 13.3 Å². The zero-order chi connectivity index (χ0) is 11.8. The van der Waals surface area contributed by atoms with Gasteiger partial charge in [0.25, 0.3) is 5.91 Å². The number of unbranched alkanes of at least 4 members (excludes halogenated alkanes) is 1. The average molecular weight is 222 g/mol. The Morgan fingerprint density at radius 1 is 1.50 bits per heavy atom. The molecule has 86 valence electrons. The van der Waals surface area contributed by atoms with Crippen LogP contribution >= 0.6 is 0 Å². The van der Waals surface area contributed by atoms with Crippen LogP contribution in [0.2, 0.25) is 0 Å². The Kier molecular flexibility index (Phi) is 5.11. The number of nitroso groups, excluding NO2 is 1. The zero-order valence-corrected chi connectivity index (χ0v) is 9.18. The summed E-state index contributed by atoms with van der Waals surface area (Å²) >= 11 is 0. The number of hydrogen-bond acceptors (Lipinski definition) is 4. The van der Waals surface area contributed by atoms with Crippen LogP contribution in [0.25, 0.3) is 0 Å². The molecule has 0 aliphatic rings. The smallest absolute Gasteiger partial charge is 0.292 e. The third kappa shape index (κ3) is 4.16. The second kappa shape index (κ2) is 6.66. The monoisotopic (exact) mass is 222 g/mol. The van der Waals surface area contributed by atoms with Crippen molar-refractivity contribution in [3.05, 3.63) is 28.9 Å². The van der Waals surface area contributed by atoms with Crippen LogP contribution in [0.4, 0.5) is 0 Å². The van der Waals surface area contributed by atoms with Crippen LogP contribution in [0, 0.1) is 4.91 Å². The summed E-state index contributed by atoms with van der Waals surface area (Å²) < 4.78 is 5.40. The number of amides is 1. The van der Waals surface area contributed by atoms with Crippen molar-refractivity contribution in [2.45, 2.75) is 26.2 Å². The number of hydrogen-bond donors (Lipinski definition) is 0. The summed E-state index contributed by atoms with van der Waals surface area (Å²) in [5.41, 5.74) is 0.521. The molecule has 5 nitrogen and oxygen atoms in total. The van der Waals surface area contributed by atoms with Crippen LogP contribution in [0.15, 0.2) is 23.5 Å². The Balaban J connectivity index is 2.47. The van der Waals surface area contributed by atoms with Gasteiger partial charge >= 0.3 is 0 Å². The van der Waals surface area contributed by atoms with Crippen molar-refractivity contribution in [2.24, 2.45) is 5.18 Å². The Hall–Kier alpha value is -1.78. The van der Waals surface area contributed by atoms with Crippen LogP contribution in [-0.4, -0.2) is 17.5 Å². The van der Waals surface area contributed by atoms with Gasteiger partial charge in [-0.3, -0.25) is 9.78 Å². The molecule has 0 saturated heterocycles. The minimum absolute atomic E-state index is 0.0568. The Morgan fingerprint density at radius 2 is 2.31 bits per heavy atom. The standard InChI is InChI=1S/C11H14N2O3/c1-2-3-6-16-10-5-4-9(12-8-10)7-11(14)13-15/h4-5,8H,2-3,6-7H2,1H3. The van der Waals surface area contributed by atoms with Gasteiger partial charge in [-0.15, -0.1) is 4.91 Å². The van der Waals surface area contributed by atoms with Crippen molar-refractivity contribution >= 4 is 5.91 Å². The van der Waals surface area contributed by atoms with Crippen molar-refractivity contribution in [1.82, 2.24) is 4.98 Å². The molecule has 1 rings (SSSR count). The Labute approximate surface area is 93.8 Å². The van der Waals surface area contributed by atoms with E-state index in [0.29, 0.717) is 18.1 Å². The number of rotatable bonds is 6. The first-order valence-corrected chi connectivity index (χ1v) is 5.20. The zero-order valence-electron chi connectivity index (χ0n) is 9.18. The molecule has 1 heterocycles. The lowest BCUT2D eigenvalue weighted by atomic mass is 10.2. The molecule has 0 fully saturated rings. The van der Waals surface area contributed by atoms with Crippen molar-refractivity contribution in [3.63, 3.8) is 0 Å². The summed E-state index contributed by atoms with van der Waals surface area (Å²) in [4.78, 5) is 24.6. The highest BCUT2D eigenvalue weighted by Gasteiger charge is 2.04. The van der Waals surface area contributed by atoms with Crippen LogP contribution in [-0.2, 0) is 11.2 Å². The molecule has 0 atom stereocenters. The predicted octanol–water partition coefficient (Wildman–Crippen LogP) is 2.10. The van der Waals surface area contributed by atoms with E-state index in [1.165, 1.54) is 0 Å². The first-order valence-electron chi connectivity index (χ1n) is 5.20. The number of nitrogens with zero attached hydrogens (tertiary/aromatic N) is 2. The molecule has 0 aromatic carbocycles. The van der Waals surface area contributed by atoms with Crippen molar-refractivity contribution in [1.29, 1.82) is 0 Å². The lowest BCUT2D eigenvalue weighted by Crippen LogP contribution is -2.01. The highest BCUT2D eigenvalue weighted by atomic mass is 16.5. The molecule has 1 aromatic heterocycles. The van der Waals surface area contributed by atoms with Gasteiger partial charge in [-0.25, -0.2) is 0 Å². The van der Waals surface area contributed by atoms with E-state index < -0.39 is 5.91 Å². The summed E-state index contributed by atoms with van der Waals surface area (Å²) in [6.07, 6.45) is 3.56. The third-order valence-corrected chi connectivity index (χ3v) is 2.00. The maximum Gasteiger partial charge on any atom is 0.292 e. The molecule has 0 spiro atoms. The first-order chi connectivity index (χ1) is 7.76. The van der Waals surface area contributed by atoms with E-state index in [0.717, 1.165) is 12.8 Å². The quantitative estimate of drug-likeness (QED) is 0.546. The van der Waals surface area contributed by atoms with E-state index in [4.69, 9.17) is 4.74 Å².